The standard InChI is InChI=1S/C14H22N6/c1-2-3-14-15-6-7-19(14)8-9-20-11-13(17-18-20)10-16-12-4-5-12/h6-7,11-12,16H,2-5,8-10H2,1H3. The summed E-state index contributed by atoms with van der Waals surface area (Å²) in [7, 11) is 0. The number of hydrogen-bond acceptors (Lipinski definition) is 4. The van der Waals surface area contributed by atoms with Gasteiger partial charge in [-0.15, -0.1) is 5.10 Å². The highest BCUT2D eigenvalue weighted by Crippen LogP contribution is 2.18. The second kappa shape index (κ2) is 6.17. The van der Waals surface area contributed by atoms with Crippen molar-refractivity contribution in [3.05, 3.63) is 30.1 Å². The van der Waals surface area contributed by atoms with Crippen molar-refractivity contribution in [2.24, 2.45) is 0 Å². The summed E-state index contributed by atoms with van der Waals surface area (Å²) in [4.78, 5) is 4.39. The Bertz CT molecular complexity index is 539. The normalized spacial score (nSPS) is 14.8. The molecule has 0 amide bonds. The molecule has 0 radical (unpaired) electrons. The second-order valence-electron chi connectivity index (χ2n) is 5.41. The van der Waals surface area contributed by atoms with Gasteiger partial charge in [0.1, 0.15) is 5.82 Å². The maximum absolute atomic E-state index is 4.39. The molecule has 6 heteroatoms. The van der Waals surface area contributed by atoms with Crippen LogP contribution in [0.3, 0.4) is 0 Å². The van der Waals surface area contributed by atoms with Gasteiger partial charge in [-0.3, -0.25) is 4.68 Å². The van der Waals surface area contributed by atoms with Gasteiger partial charge >= 0.3 is 0 Å². The van der Waals surface area contributed by atoms with Crippen molar-refractivity contribution in [1.82, 2.24) is 29.9 Å². The Morgan fingerprint density at radius 2 is 2.25 bits per heavy atom. The SMILES string of the molecule is CCCc1nccn1CCn1cc(CNC2CC2)nn1. The molecule has 0 atom stereocenters. The van der Waals surface area contributed by atoms with Crippen LogP contribution in [0, 0.1) is 0 Å². The lowest BCUT2D eigenvalue weighted by atomic mass is 10.3. The van der Waals surface area contributed by atoms with Crippen LogP contribution in [0.15, 0.2) is 18.6 Å². The molecule has 1 aliphatic carbocycles. The van der Waals surface area contributed by atoms with E-state index in [0.29, 0.717) is 6.04 Å². The van der Waals surface area contributed by atoms with Gasteiger partial charge in [0, 0.05) is 44.1 Å². The third-order valence-electron chi connectivity index (χ3n) is 3.58. The van der Waals surface area contributed by atoms with E-state index in [1.165, 1.54) is 12.8 Å². The summed E-state index contributed by atoms with van der Waals surface area (Å²) in [6, 6.07) is 0.711. The van der Waals surface area contributed by atoms with E-state index in [9.17, 15) is 0 Å². The average molecular weight is 274 g/mol. The number of hydrogen-bond donors (Lipinski definition) is 1. The van der Waals surface area contributed by atoms with Crippen molar-refractivity contribution >= 4 is 0 Å². The highest BCUT2D eigenvalue weighted by Gasteiger charge is 2.20. The van der Waals surface area contributed by atoms with Crippen LogP contribution in [0.2, 0.25) is 0 Å². The van der Waals surface area contributed by atoms with Crippen LogP contribution in [0.4, 0.5) is 0 Å². The fraction of sp³-hybridized carbons (Fsp3) is 0.643. The van der Waals surface area contributed by atoms with Crippen LogP contribution < -0.4 is 5.32 Å². The number of nitrogens with one attached hydrogen (secondary N) is 1. The first-order chi connectivity index (χ1) is 9.85. The van der Waals surface area contributed by atoms with Gasteiger partial charge in [0.25, 0.3) is 0 Å². The summed E-state index contributed by atoms with van der Waals surface area (Å²) >= 11 is 0. The van der Waals surface area contributed by atoms with Gasteiger partial charge in [-0.05, 0) is 19.3 Å². The number of imidazole rings is 1. The molecule has 6 nitrogen and oxygen atoms in total. The molecular formula is C14H22N6. The van der Waals surface area contributed by atoms with E-state index in [1.807, 2.05) is 23.3 Å². The van der Waals surface area contributed by atoms with Gasteiger partial charge < -0.3 is 9.88 Å². The molecule has 2 aromatic rings. The van der Waals surface area contributed by atoms with Crippen LogP contribution in [0.1, 0.15) is 37.7 Å². The summed E-state index contributed by atoms with van der Waals surface area (Å²) in [6.45, 7) is 4.74. The number of aryl methyl sites for hydroxylation is 3. The Labute approximate surface area is 119 Å². The van der Waals surface area contributed by atoms with Crippen molar-refractivity contribution < 1.29 is 0 Å². The molecule has 1 aliphatic rings. The van der Waals surface area contributed by atoms with Gasteiger partial charge in [0.05, 0.1) is 12.2 Å². The van der Waals surface area contributed by atoms with Crippen molar-refractivity contribution in [2.45, 2.75) is 58.3 Å². The smallest absolute Gasteiger partial charge is 0.108 e. The highest BCUT2D eigenvalue weighted by atomic mass is 15.4. The molecule has 2 aromatic heterocycles. The third kappa shape index (κ3) is 3.45. The Morgan fingerprint density at radius 3 is 3.05 bits per heavy atom. The van der Waals surface area contributed by atoms with E-state index in [0.717, 1.165) is 44.0 Å². The van der Waals surface area contributed by atoms with Crippen molar-refractivity contribution in [1.29, 1.82) is 0 Å². The largest absolute Gasteiger partial charge is 0.333 e. The molecule has 2 heterocycles. The minimum atomic E-state index is 0.711. The molecule has 0 spiro atoms. The summed E-state index contributed by atoms with van der Waals surface area (Å²) < 4.78 is 4.12. The molecule has 3 rings (SSSR count). The minimum Gasteiger partial charge on any atom is -0.333 e. The molecule has 1 fully saturated rings. The number of aromatic nitrogens is 5. The fourth-order valence-electron chi connectivity index (χ4n) is 2.27. The van der Waals surface area contributed by atoms with E-state index < -0.39 is 0 Å². The quantitative estimate of drug-likeness (QED) is 0.790. The molecule has 0 aromatic carbocycles. The monoisotopic (exact) mass is 274 g/mol. The maximum atomic E-state index is 4.39. The third-order valence-corrected chi connectivity index (χ3v) is 3.58. The average Bonchev–Trinajstić information content (AvgIpc) is 3.00. The van der Waals surface area contributed by atoms with E-state index in [-0.39, 0.29) is 0 Å². The Balaban J connectivity index is 1.50. The van der Waals surface area contributed by atoms with Crippen LogP contribution in [0.25, 0.3) is 0 Å². The molecule has 20 heavy (non-hydrogen) atoms. The first kappa shape index (κ1) is 13.3. The zero-order valence-corrected chi connectivity index (χ0v) is 12.0. The highest BCUT2D eigenvalue weighted by molar-refractivity contribution is 4.95. The lowest BCUT2D eigenvalue weighted by molar-refractivity contribution is 0.506. The fourth-order valence-corrected chi connectivity index (χ4v) is 2.27. The van der Waals surface area contributed by atoms with E-state index in [1.54, 1.807) is 0 Å². The van der Waals surface area contributed by atoms with Gasteiger partial charge in [-0.25, -0.2) is 4.98 Å². The van der Waals surface area contributed by atoms with Crippen molar-refractivity contribution in [2.75, 3.05) is 0 Å². The van der Waals surface area contributed by atoms with E-state index >= 15 is 0 Å². The summed E-state index contributed by atoms with van der Waals surface area (Å²) in [5, 5.41) is 11.8. The van der Waals surface area contributed by atoms with Crippen molar-refractivity contribution in [3.8, 4) is 0 Å². The molecule has 1 saturated carbocycles. The molecule has 108 valence electrons. The number of rotatable bonds is 8. The Kier molecular flexibility index (Phi) is 4.11. The molecule has 0 unspecified atom stereocenters. The van der Waals surface area contributed by atoms with E-state index in [2.05, 4.69) is 32.1 Å². The summed E-state index contributed by atoms with van der Waals surface area (Å²) in [5.41, 5.74) is 1.02. The van der Waals surface area contributed by atoms with Crippen molar-refractivity contribution in [3.63, 3.8) is 0 Å². The maximum Gasteiger partial charge on any atom is 0.108 e. The van der Waals surface area contributed by atoms with Crippen LogP contribution in [-0.2, 0) is 26.1 Å². The molecule has 0 aliphatic heterocycles. The van der Waals surface area contributed by atoms with Crippen LogP contribution >= 0.6 is 0 Å². The summed E-state index contributed by atoms with van der Waals surface area (Å²) in [5.74, 6) is 1.16. The Hall–Kier alpha value is -1.69. The molecular weight excluding hydrogens is 252 g/mol. The molecule has 1 N–H and O–H groups in total. The number of nitrogens with zero attached hydrogens (tertiary/aromatic N) is 5. The van der Waals surface area contributed by atoms with Crippen LogP contribution in [0.5, 0.6) is 0 Å². The van der Waals surface area contributed by atoms with Gasteiger partial charge in [-0.2, -0.15) is 0 Å². The zero-order valence-electron chi connectivity index (χ0n) is 12.0. The second-order valence-corrected chi connectivity index (χ2v) is 5.41. The van der Waals surface area contributed by atoms with Crippen LogP contribution in [-0.4, -0.2) is 30.6 Å². The minimum absolute atomic E-state index is 0.711. The summed E-state index contributed by atoms with van der Waals surface area (Å²) in [6.07, 6.45) is 10.7. The first-order valence-electron chi connectivity index (χ1n) is 7.47. The van der Waals surface area contributed by atoms with Gasteiger partial charge in [-0.1, -0.05) is 12.1 Å². The predicted molar refractivity (Wildman–Crippen MR) is 76.1 cm³/mol. The van der Waals surface area contributed by atoms with Gasteiger partial charge in [0.2, 0.25) is 0 Å². The molecule has 0 bridgehead atoms. The van der Waals surface area contributed by atoms with E-state index in [4.69, 9.17) is 0 Å². The Morgan fingerprint density at radius 1 is 1.35 bits per heavy atom. The zero-order chi connectivity index (χ0) is 13.8. The first-order valence-corrected chi connectivity index (χ1v) is 7.47. The lowest BCUT2D eigenvalue weighted by Gasteiger charge is -2.06. The topological polar surface area (TPSA) is 60.6 Å². The molecule has 0 saturated heterocycles. The predicted octanol–water partition coefficient (Wildman–Crippen LogP) is 1.38. The van der Waals surface area contributed by atoms with Gasteiger partial charge in [0.15, 0.2) is 0 Å². The lowest BCUT2D eigenvalue weighted by Crippen LogP contribution is -2.15.